The van der Waals surface area contributed by atoms with Crippen LogP contribution in [0.4, 0.5) is 0 Å². The van der Waals surface area contributed by atoms with Crippen LogP contribution < -0.4 is 15.9 Å². The Morgan fingerprint density at radius 2 is 1.00 bits per heavy atom. The summed E-state index contributed by atoms with van der Waals surface area (Å²) in [5.41, 5.74) is 4.49. The second-order valence-corrected chi connectivity index (χ2v) is 26.3. The van der Waals surface area contributed by atoms with Crippen molar-refractivity contribution in [3.8, 4) is 0 Å². The highest BCUT2D eigenvalue weighted by atomic mass is 32.4. The summed E-state index contributed by atoms with van der Waals surface area (Å²) in [6, 6.07) is 24.8. The average Bonchev–Trinajstić information content (AvgIpc) is 2.80. The van der Waals surface area contributed by atoms with E-state index in [4.69, 9.17) is 11.8 Å². The van der Waals surface area contributed by atoms with Crippen LogP contribution in [-0.2, 0) is 28.1 Å². The highest BCUT2D eigenvalue weighted by Crippen LogP contribution is 2.51. The number of rotatable bonds is 5. The lowest BCUT2D eigenvalue weighted by molar-refractivity contribution is 0.554. The van der Waals surface area contributed by atoms with E-state index in [0.29, 0.717) is 0 Å². The molecule has 0 nitrogen and oxygen atoms in total. The van der Waals surface area contributed by atoms with Crippen molar-refractivity contribution >= 4 is 54.7 Å². The fourth-order valence-electron chi connectivity index (χ4n) is 4.82. The molecule has 38 heavy (non-hydrogen) atoms. The van der Waals surface area contributed by atoms with E-state index < -0.39 is 14.1 Å². The largest absolute Gasteiger partial charge is 0.0859 e. The Morgan fingerprint density at radius 3 is 1.29 bits per heavy atom. The van der Waals surface area contributed by atoms with Crippen LogP contribution in [0.25, 0.3) is 0 Å². The van der Waals surface area contributed by atoms with E-state index in [9.17, 15) is 0 Å². The van der Waals surface area contributed by atoms with Crippen LogP contribution in [-0.4, -0.2) is 12.7 Å². The highest BCUT2D eigenvalue weighted by molar-refractivity contribution is 8.35. The molecule has 0 bridgehead atoms. The second-order valence-electron chi connectivity index (χ2n) is 14.6. The molecular formula is C34H48P2SSi. The van der Waals surface area contributed by atoms with E-state index in [0.717, 1.165) is 0 Å². The predicted octanol–water partition coefficient (Wildman–Crippen LogP) is 9.29. The molecule has 0 aromatic heterocycles. The fraction of sp³-hybridized carbons (Fsp3) is 0.441. The lowest BCUT2D eigenvalue weighted by Gasteiger charge is -2.36. The van der Waals surface area contributed by atoms with Crippen molar-refractivity contribution < 1.29 is 0 Å². The summed E-state index contributed by atoms with van der Waals surface area (Å²) in [6.07, 6.45) is 0. The Labute approximate surface area is 241 Å². The molecule has 0 saturated carbocycles. The number of hydrogen-bond acceptors (Lipinski definition) is 1. The molecule has 0 radical (unpaired) electrons. The third-order valence-corrected chi connectivity index (χ3v) is 21.2. The summed E-state index contributed by atoms with van der Waals surface area (Å²) in [5, 5.41) is 4.11. The molecular weight excluding hydrogens is 530 g/mol. The van der Waals surface area contributed by atoms with Crippen LogP contribution in [0.1, 0.15) is 79.0 Å². The molecule has 0 aliphatic heterocycles. The number of benzene rings is 3. The van der Waals surface area contributed by atoms with Crippen LogP contribution in [0.2, 0.25) is 19.6 Å². The van der Waals surface area contributed by atoms with E-state index >= 15 is 0 Å². The maximum absolute atomic E-state index is 6.96. The van der Waals surface area contributed by atoms with Gasteiger partial charge < -0.3 is 0 Å². The van der Waals surface area contributed by atoms with Gasteiger partial charge in [0.15, 0.2) is 0 Å². The summed E-state index contributed by atoms with van der Waals surface area (Å²) >= 11 is 6.96. The van der Waals surface area contributed by atoms with Gasteiger partial charge in [-0.25, -0.2) is 0 Å². The van der Waals surface area contributed by atoms with Gasteiger partial charge in [0.25, 0.3) is 0 Å². The molecule has 3 rings (SSSR count). The highest BCUT2D eigenvalue weighted by Gasteiger charge is 2.37. The quantitative estimate of drug-likeness (QED) is 0.215. The van der Waals surface area contributed by atoms with Crippen LogP contribution in [0, 0.1) is 0 Å². The van der Waals surface area contributed by atoms with E-state index in [1.807, 2.05) is 0 Å². The Hall–Kier alpha value is -1.30. The van der Waals surface area contributed by atoms with Crippen molar-refractivity contribution in [1.82, 2.24) is 0 Å². The lowest BCUT2D eigenvalue weighted by atomic mass is 9.75. The molecule has 0 amide bonds. The summed E-state index contributed by atoms with van der Waals surface area (Å²) in [5.74, 6) is 0. The molecule has 0 spiro atoms. The summed E-state index contributed by atoms with van der Waals surface area (Å²) < 4.78 is 1.59. The number of hydrogen-bond donors (Lipinski definition) is 0. The minimum atomic E-state index is -2.21. The molecule has 3 aromatic rings. The van der Waals surface area contributed by atoms with Crippen LogP contribution in [0.5, 0.6) is 0 Å². The van der Waals surface area contributed by atoms with Gasteiger partial charge in [-0.3, -0.25) is 0 Å². The van der Waals surface area contributed by atoms with Gasteiger partial charge in [-0.05, 0) is 48.2 Å². The molecule has 0 fully saturated rings. The Kier molecular flexibility index (Phi) is 8.98. The van der Waals surface area contributed by atoms with Gasteiger partial charge in [0.05, 0.1) is 8.07 Å². The third kappa shape index (κ3) is 6.70. The second kappa shape index (κ2) is 10.9. The van der Waals surface area contributed by atoms with Crippen LogP contribution in [0.3, 0.4) is 0 Å². The first kappa shape index (κ1) is 31.2. The van der Waals surface area contributed by atoms with Gasteiger partial charge >= 0.3 is 0 Å². The van der Waals surface area contributed by atoms with Gasteiger partial charge in [0.2, 0.25) is 0 Å². The SMILES string of the molecule is CC(C)(C)c1cc(C(C)(C)C)c(P=C([Si](C)(C)C)P(=S)(c2ccccc2)c2ccccc2)c(C(C)(C)C)c1. The Morgan fingerprint density at radius 1 is 0.632 bits per heavy atom. The monoisotopic (exact) mass is 578 g/mol. The maximum atomic E-state index is 6.96. The van der Waals surface area contributed by atoms with Crippen molar-refractivity contribution in [2.45, 2.75) is 98.2 Å². The zero-order chi connectivity index (χ0) is 28.7. The van der Waals surface area contributed by atoms with Crippen molar-refractivity contribution in [3.05, 3.63) is 89.5 Å². The Bertz CT molecular complexity index is 1270. The molecule has 0 saturated heterocycles. The zero-order valence-electron chi connectivity index (χ0n) is 25.7. The van der Waals surface area contributed by atoms with E-state index in [2.05, 4.69) is 155 Å². The third-order valence-electron chi connectivity index (χ3n) is 7.02. The first-order valence-corrected chi connectivity index (χ1v) is 21.0. The molecule has 204 valence electrons. The van der Waals surface area contributed by atoms with Crippen molar-refractivity contribution in [1.29, 1.82) is 0 Å². The van der Waals surface area contributed by atoms with Gasteiger partial charge in [0, 0.05) is 11.3 Å². The van der Waals surface area contributed by atoms with Crippen molar-refractivity contribution in [2.75, 3.05) is 0 Å². The van der Waals surface area contributed by atoms with E-state index in [-0.39, 0.29) is 16.2 Å². The average molecular weight is 579 g/mol. The topological polar surface area (TPSA) is 0 Å². The van der Waals surface area contributed by atoms with Gasteiger partial charge in [-0.2, -0.15) is 0 Å². The van der Waals surface area contributed by atoms with Gasteiger partial charge in [-0.15, -0.1) is 0 Å². The Balaban J connectivity index is 2.57. The fourth-order valence-corrected chi connectivity index (χ4v) is 19.4. The first-order valence-electron chi connectivity index (χ1n) is 13.8. The molecule has 0 atom stereocenters. The first-order chi connectivity index (χ1) is 17.3. The zero-order valence-corrected chi connectivity index (χ0v) is 29.3. The molecule has 0 N–H and O–H groups in total. The summed E-state index contributed by atoms with van der Waals surface area (Å²) in [6.45, 7) is 28.7. The molecule has 3 aromatic carbocycles. The van der Waals surface area contributed by atoms with Crippen LogP contribution in [0.15, 0.2) is 72.8 Å². The van der Waals surface area contributed by atoms with E-state index in [1.165, 1.54) is 40.8 Å². The molecule has 0 heterocycles. The maximum Gasteiger partial charge on any atom is 0.0859 e. The van der Waals surface area contributed by atoms with Crippen molar-refractivity contribution in [2.24, 2.45) is 0 Å². The van der Waals surface area contributed by atoms with Gasteiger partial charge in [-0.1, -0.05) is 175 Å². The summed E-state index contributed by atoms with van der Waals surface area (Å²) in [4.78, 5) is 0. The van der Waals surface area contributed by atoms with Gasteiger partial charge in [0.1, 0.15) is 0 Å². The standard InChI is InChI=1S/C34H48P2SSi/c1-32(2,3)25-23-28(33(4,5)6)30(29(24-25)34(7,8)9)35-31(38(10,11)12)36(37,26-19-15-13-16-20-26)27-21-17-14-18-22-27/h13-24H,1-12H3. The minimum absolute atomic E-state index is 0.0240. The molecule has 4 heteroatoms. The summed E-state index contributed by atoms with van der Waals surface area (Å²) in [7, 11) is -0.515. The normalized spacial score (nSPS) is 14.1. The molecule has 0 aliphatic rings. The minimum Gasteiger partial charge on any atom is -0.0830 e. The molecule has 0 aliphatic carbocycles. The molecule has 0 unspecified atom stereocenters. The smallest absolute Gasteiger partial charge is 0.0830 e. The lowest BCUT2D eigenvalue weighted by Crippen LogP contribution is -2.39. The van der Waals surface area contributed by atoms with Crippen LogP contribution >= 0.6 is 14.2 Å². The van der Waals surface area contributed by atoms with E-state index in [1.54, 1.807) is 4.66 Å². The predicted molar refractivity (Wildman–Crippen MR) is 184 cm³/mol. The van der Waals surface area contributed by atoms with Crippen molar-refractivity contribution in [3.63, 3.8) is 0 Å².